The molecule has 3 fully saturated rings. The van der Waals surface area contributed by atoms with Crippen LogP contribution in [-0.2, 0) is 9.53 Å². The lowest BCUT2D eigenvalue weighted by Gasteiger charge is -2.32. The zero-order valence-electron chi connectivity index (χ0n) is 12.9. The summed E-state index contributed by atoms with van der Waals surface area (Å²) in [7, 11) is 1.52. The molecule has 0 aromatic carbocycles. The van der Waals surface area contributed by atoms with Crippen LogP contribution in [-0.4, -0.2) is 48.2 Å². The van der Waals surface area contributed by atoms with Crippen LogP contribution >= 0.6 is 0 Å². The molecule has 2 atom stereocenters. The van der Waals surface area contributed by atoms with Crippen molar-refractivity contribution in [2.75, 3.05) is 13.7 Å². The molecule has 3 rings (SSSR count). The quantitative estimate of drug-likeness (QED) is 0.725. The lowest BCUT2D eigenvalue weighted by Crippen LogP contribution is -2.53. The van der Waals surface area contributed by atoms with Gasteiger partial charge in [0.2, 0.25) is 0 Å². The minimum atomic E-state index is -0.401. The molecule has 114 valence electrons. The molecule has 0 saturated heterocycles. The first-order valence-corrected chi connectivity index (χ1v) is 8.30. The average molecular weight is 280 g/mol. The van der Waals surface area contributed by atoms with Gasteiger partial charge in [-0.2, -0.15) is 0 Å². The number of nitrogens with zero attached hydrogens (tertiary/aromatic N) is 1. The van der Waals surface area contributed by atoms with Crippen LogP contribution in [0.4, 0.5) is 0 Å². The van der Waals surface area contributed by atoms with Crippen LogP contribution in [0, 0.1) is 0 Å². The van der Waals surface area contributed by atoms with Gasteiger partial charge < -0.3 is 4.74 Å². The molecule has 3 aliphatic rings. The lowest BCUT2D eigenvalue weighted by atomic mass is 9.96. The van der Waals surface area contributed by atoms with Crippen LogP contribution in [0.5, 0.6) is 0 Å². The lowest BCUT2D eigenvalue weighted by molar-refractivity contribution is -0.148. The maximum Gasteiger partial charge on any atom is 0.326 e. The molecule has 0 amide bonds. The van der Waals surface area contributed by atoms with E-state index in [-0.39, 0.29) is 5.97 Å². The number of carbonyl (C=O) groups excluding carboxylic acids is 1. The highest BCUT2D eigenvalue weighted by molar-refractivity contribution is 5.81. The zero-order valence-corrected chi connectivity index (χ0v) is 12.9. The topological polar surface area (TPSA) is 41.6 Å². The Labute approximate surface area is 122 Å². The van der Waals surface area contributed by atoms with Crippen LogP contribution in [0.1, 0.15) is 58.3 Å². The molecule has 3 aliphatic carbocycles. The van der Waals surface area contributed by atoms with Crippen molar-refractivity contribution in [1.29, 1.82) is 0 Å². The highest BCUT2D eigenvalue weighted by Gasteiger charge is 2.51. The third-order valence-corrected chi connectivity index (χ3v) is 5.09. The molecule has 0 radical (unpaired) electrons. The van der Waals surface area contributed by atoms with Gasteiger partial charge in [-0.15, -0.1) is 0 Å². The standard InChI is InChI=1S/C16H28N2O2/c1-3-10-18(13-6-7-13)14-8-9-16(11-14,15(19)20-2)17-12-4-5-12/h12-14,17H,3-11H2,1-2H3. The van der Waals surface area contributed by atoms with Crippen molar-refractivity contribution < 1.29 is 9.53 Å². The van der Waals surface area contributed by atoms with Gasteiger partial charge in [0.15, 0.2) is 0 Å². The smallest absolute Gasteiger partial charge is 0.326 e. The predicted octanol–water partition coefficient (Wildman–Crippen LogP) is 2.08. The molecule has 0 spiro atoms. The van der Waals surface area contributed by atoms with Gasteiger partial charge in [0, 0.05) is 18.1 Å². The maximum atomic E-state index is 12.3. The number of methoxy groups -OCH3 is 1. The van der Waals surface area contributed by atoms with Crippen LogP contribution in [0.2, 0.25) is 0 Å². The number of ether oxygens (including phenoxy) is 1. The van der Waals surface area contributed by atoms with E-state index >= 15 is 0 Å². The van der Waals surface area contributed by atoms with E-state index in [0.29, 0.717) is 12.1 Å². The molecule has 0 bridgehead atoms. The molecule has 1 N–H and O–H groups in total. The minimum Gasteiger partial charge on any atom is -0.468 e. The molecule has 20 heavy (non-hydrogen) atoms. The minimum absolute atomic E-state index is 0.0425. The molecule has 0 aromatic heterocycles. The number of nitrogens with one attached hydrogen (secondary N) is 1. The van der Waals surface area contributed by atoms with E-state index in [1.54, 1.807) is 0 Å². The van der Waals surface area contributed by atoms with Crippen molar-refractivity contribution in [3.63, 3.8) is 0 Å². The summed E-state index contributed by atoms with van der Waals surface area (Å²) >= 11 is 0. The van der Waals surface area contributed by atoms with E-state index in [4.69, 9.17) is 4.74 Å². The SMILES string of the molecule is CCCN(C1CC1)C1CCC(NC2CC2)(C(=O)OC)C1. The summed E-state index contributed by atoms with van der Waals surface area (Å²) in [5.41, 5.74) is -0.401. The monoisotopic (exact) mass is 280 g/mol. The summed E-state index contributed by atoms with van der Waals surface area (Å²) in [6.45, 7) is 3.43. The number of carbonyl (C=O) groups is 1. The van der Waals surface area contributed by atoms with Gasteiger partial charge in [-0.05, 0) is 57.9 Å². The Morgan fingerprint density at radius 2 is 2.00 bits per heavy atom. The molecule has 0 heterocycles. The van der Waals surface area contributed by atoms with Crippen molar-refractivity contribution in [2.45, 2.75) is 82.0 Å². The van der Waals surface area contributed by atoms with Crippen molar-refractivity contribution in [3.05, 3.63) is 0 Å². The van der Waals surface area contributed by atoms with Gasteiger partial charge in [0.25, 0.3) is 0 Å². The van der Waals surface area contributed by atoms with E-state index in [1.807, 2.05) is 0 Å². The average Bonchev–Trinajstić information content (AvgIpc) is 3.35. The zero-order chi connectivity index (χ0) is 14.2. The molecule has 0 aromatic rings. The summed E-state index contributed by atoms with van der Waals surface area (Å²) in [6, 6.07) is 1.90. The first-order chi connectivity index (χ1) is 9.68. The molecular formula is C16H28N2O2. The third kappa shape index (κ3) is 2.86. The van der Waals surface area contributed by atoms with Gasteiger partial charge in [0.1, 0.15) is 5.54 Å². The van der Waals surface area contributed by atoms with Gasteiger partial charge in [-0.3, -0.25) is 15.0 Å². The van der Waals surface area contributed by atoms with Crippen LogP contribution in [0.15, 0.2) is 0 Å². The van der Waals surface area contributed by atoms with Crippen molar-refractivity contribution in [3.8, 4) is 0 Å². The Kier molecular flexibility index (Phi) is 4.04. The van der Waals surface area contributed by atoms with Crippen molar-refractivity contribution >= 4 is 5.97 Å². The fourth-order valence-corrected chi connectivity index (χ4v) is 3.82. The van der Waals surface area contributed by atoms with Gasteiger partial charge in [-0.1, -0.05) is 6.92 Å². The predicted molar refractivity (Wildman–Crippen MR) is 78.6 cm³/mol. The van der Waals surface area contributed by atoms with Crippen molar-refractivity contribution in [1.82, 2.24) is 10.2 Å². The fraction of sp³-hybridized carbons (Fsp3) is 0.938. The van der Waals surface area contributed by atoms with Gasteiger partial charge in [0.05, 0.1) is 7.11 Å². The maximum absolute atomic E-state index is 12.3. The molecule has 0 aliphatic heterocycles. The Hall–Kier alpha value is -0.610. The summed E-state index contributed by atoms with van der Waals surface area (Å²) in [5.74, 6) is -0.0425. The normalized spacial score (nSPS) is 33.6. The van der Waals surface area contributed by atoms with E-state index < -0.39 is 5.54 Å². The third-order valence-electron chi connectivity index (χ3n) is 5.09. The Bertz CT molecular complexity index is 365. The second kappa shape index (κ2) is 5.64. The summed E-state index contributed by atoms with van der Waals surface area (Å²) in [5, 5.41) is 3.60. The van der Waals surface area contributed by atoms with Gasteiger partial charge in [-0.25, -0.2) is 0 Å². The molecule has 4 nitrogen and oxygen atoms in total. The van der Waals surface area contributed by atoms with Crippen LogP contribution in [0.25, 0.3) is 0 Å². The number of esters is 1. The Morgan fingerprint density at radius 3 is 2.55 bits per heavy atom. The number of hydrogen-bond donors (Lipinski definition) is 1. The van der Waals surface area contributed by atoms with E-state index in [0.717, 1.165) is 25.3 Å². The highest BCUT2D eigenvalue weighted by atomic mass is 16.5. The summed E-state index contributed by atoms with van der Waals surface area (Å²) in [6.07, 6.45) is 9.32. The van der Waals surface area contributed by atoms with Gasteiger partial charge >= 0.3 is 5.97 Å². The Morgan fingerprint density at radius 1 is 1.25 bits per heavy atom. The first-order valence-electron chi connectivity index (χ1n) is 8.30. The second-order valence-corrected chi connectivity index (χ2v) is 6.86. The summed E-state index contributed by atoms with van der Waals surface area (Å²) < 4.78 is 5.11. The largest absolute Gasteiger partial charge is 0.468 e. The van der Waals surface area contributed by atoms with E-state index in [2.05, 4.69) is 17.1 Å². The Balaban J connectivity index is 1.68. The first kappa shape index (κ1) is 14.3. The highest BCUT2D eigenvalue weighted by Crippen LogP contribution is 2.40. The summed E-state index contributed by atoms with van der Waals surface area (Å²) in [4.78, 5) is 15.0. The molecule has 2 unspecified atom stereocenters. The van der Waals surface area contributed by atoms with Crippen LogP contribution in [0.3, 0.4) is 0 Å². The molecule has 4 heteroatoms. The van der Waals surface area contributed by atoms with Crippen LogP contribution < -0.4 is 5.32 Å². The molecular weight excluding hydrogens is 252 g/mol. The van der Waals surface area contributed by atoms with Crippen molar-refractivity contribution in [2.24, 2.45) is 0 Å². The van der Waals surface area contributed by atoms with E-state index in [1.165, 1.54) is 45.8 Å². The number of rotatable bonds is 7. The number of hydrogen-bond acceptors (Lipinski definition) is 4. The second-order valence-electron chi connectivity index (χ2n) is 6.86. The molecule has 3 saturated carbocycles. The van der Waals surface area contributed by atoms with E-state index in [9.17, 15) is 4.79 Å². The fourth-order valence-electron chi connectivity index (χ4n) is 3.82.